The zero-order valence-electron chi connectivity index (χ0n) is 8.87. The highest BCUT2D eigenvalue weighted by Gasteiger charge is 2.16. The Bertz CT molecular complexity index is 531. The zero-order chi connectivity index (χ0) is 11.0. The van der Waals surface area contributed by atoms with E-state index >= 15 is 0 Å². The highest BCUT2D eigenvalue weighted by Crippen LogP contribution is 2.09. The van der Waals surface area contributed by atoms with E-state index < -0.39 is 0 Å². The largest absolute Gasteiger partial charge is 0.413 e. The fraction of sp³-hybridized carbons (Fsp3) is 0.300. The third-order valence-corrected chi connectivity index (χ3v) is 3.27. The molecule has 2 aromatic rings. The lowest BCUT2D eigenvalue weighted by Gasteiger charge is -2.03. The average molecular weight is 238 g/mol. The smallest absolute Gasteiger partial charge is 0.187 e. The Kier molecular flexibility index (Phi) is 2.67. The molecule has 3 nitrogen and oxygen atoms in total. The van der Waals surface area contributed by atoms with Gasteiger partial charge in [0.1, 0.15) is 11.4 Å². The van der Waals surface area contributed by atoms with E-state index in [1.54, 1.807) is 0 Å². The number of rotatable bonds is 1. The number of hydrogen-bond acceptors (Lipinski definition) is 3. The Balaban J connectivity index is 2.67. The number of hydrogen-bond donors (Lipinski definition) is 1. The van der Waals surface area contributed by atoms with Gasteiger partial charge in [-0.3, -0.25) is 0 Å². The van der Waals surface area contributed by atoms with E-state index in [1.807, 2.05) is 0 Å². The van der Waals surface area contributed by atoms with Crippen LogP contribution in [0.3, 0.4) is 0 Å². The summed E-state index contributed by atoms with van der Waals surface area (Å²) < 4.78 is 2.81. The van der Waals surface area contributed by atoms with Crippen molar-refractivity contribution in [2.45, 2.75) is 20.8 Å². The van der Waals surface area contributed by atoms with E-state index in [9.17, 15) is 0 Å². The van der Waals surface area contributed by atoms with Gasteiger partial charge in [0, 0.05) is 0 Å². The summed E-state index contributed by atoms with van der Waals surface area (Å²) in [6.45, 7) is 6.24. The Morgan fingerprint density at radius 1 is 1.27 bits per heavy atom. The predicted octanol–water partition coefficient (Wildman–Crippen LogP) is 2.40. The van der Waals surface area contributed by atoms with Crippen molar-refractivity contribution in [1.29, 1.82) is 0 Å². The number of pyridine rings is 1. The molecule has 0 aliphatic carbocycles. The molecule has 0 aromatic carbocycles. The molecule has 0 aliphatic rings. The predicted molar refractivity (Wildman–Crippen MR) is 63.0 cm³/mol. The minimum atomic E-state index is 0.705. The van der Waals surface area contributed by atoms with Gasteiger partial charge in [-0.1, -0.05) is 0 Å². The molecule has 0 unspecified atom stereocenters. The summed E-state index contributed by atoms with van der Waals surface area (Å²) >= 11 is 6.52. The molecule has 0 fully saturated rings. The van der Waals surface area contributed by atoms with Crippen LogP contribution in [0.25, 0.3) is 5.13 Å². The Morgan fingerprint density at radius 2 is 1.87 bits per heavy atom. The fourth-order valence-corrected chi connectivity index (χ4v) is 2.72. The fourth-order valence-electron chi connectivity index (χ4n) is 1.73. The number of nitrogens with zero attached hydrogens (tertiary/aromatic N) is 2. The molecular weight excluding hydrogens is 226 g/mol. The Morgan fingerprint density at radius 3 is 2.33 bits per heavy atom. The van der Waals surface area contributed by atoms with Crippen LogP contribution in [0.2, 0.25) is 0 Å². The molecule has 0 atom stereocenters. The summed E-state index contributed by atoms with van der Waals surface area (Å²) in [5, 5.41) is 7.89. The lowest BCUT2D eigenvalue weighted by molar-refractivity contribution is -0.609. The first-order valence-electron chi connectivity index (χ1n) is 4.64. The van der Waals surface area contributed by atoms with Crippen LogP contribution in [-0.2, 0) is 0 Å². The molecule has 0 saturated carbocycles. The molecule has 15 heavy (non-hydrogen) atoms. The number of H-pyrrole nitrogens is 1. The summed E-state index contributed by atoms with van der Waals surface area (Å²) in [5.41, 5.74) is 3.61. The molecule has 0 amide bonds. The van der Waals surface area contributed by atoms with Crippen molar-refractivity contribution in [3.63, 3.8) is 0 Å². The summed E-state index contributed by atoms with van der Waals surface area (Å²) in [5.74, 6) is 0. The van der Waals surface area contributed by atoms with Crippen LogP contribution in [0.5, 0.6) is 0 Å². The first kappa shape index (κ1) is 10.4. The highest BCUT2D eigenvalue weighted by atomic mass is 32.1. The Hall–Kier alpha value is -1.07. The molecule has 1 N–H and O–H groups in total. The lowest BCUT2D eigenvalue weighted by Crippen LogP contribution is -2.37. The van der Waals surface area contributed by atoms with Gasteiger partial charge >= 0.3 is 5.13 Å². The van der Waals surface area contributed by atoms with E-state index in [2.05, 4.69) is 47.7 Å². The van der Waals surface area contributed by atoms with Crippen molar-refractivity contribution in [3.8, 4) is 5.13 Å². The van der Waals surface area contributed by atoms with Crippen LogP contribution in [0.4, 0.5) is 0 Å². The van der Waals surface area contributed by atoms with Crippen LogP contribution in [0.1, 0.15) is 17.0 Å². The molecule has 0 aliphatic heterocycles. The molecule has 0 bridgehead atoms. The number of aromatic nitrogens is 3. The quantitative estimate of drug-likeness (QED) is 0.611. The van der Waals surface area contributed by atoms with Crippen molar-refractivity contribution >= 4 is 23.6 Å². The molecule has 2 rings (SSSR count). The van der Waals surface area contributed by atoms with Gasteiger partial charge in [0.25, 0.3) is 0 Å². The molecule has 2 aromatic heterocycles. The average Bonchev–Trinajstić information content (AvgIpc) is 2.49. The van der Waals surface area contributed by atoms with Gasteiger partial charge in [-0.05, 0) is 62.0 Å². The molecule has 0 spiro atoms. The number of nitrogens with one attached hydrogen (secondary N) is 1. The third kappa shape index (κ3) is 1.98. The van der Waals surface area contributed by atoms with Crippen molar-refractivity contribution in [2.75, 3.05) is 0 Å². The highest BCUT2D eigenvalue weighted by molar-refractivity contribution is 7.73. The molecule has 0 radical (unpaired) electrons. The van der Waals surface area contributed by atoms with Gasteiger partial charge in [0.05, 0.1) is 5.10 Å². The molecular formula is C10H12N3S2+. The first-order valence-corrected chi connectivity index (χ1v) is 5.86. The van der Waals surface area contributed by atoms with Gasteiger partial charge in [0.2, 0.25) is 3.95 Å². The summed E-state index contributed by atoms with van der Waals surface area (Å²) in [4.78, 5) is 0. The minimum Gasteiger partial charge on any atom is -0.187 e. The standard InChI is InChI=1S/C10H11N3S2/c1-6-4-7(2)13(8(3)5-6)9-11-12-10(14)15-9/h4-5H,1-3H3/p+1. The van der Waals surface area contributed by atoms with Gasteiger partial charge < -0.3 is 0 Å². The molecule has 0 saturated heterocycles. The minimum absolute atomic E-state index is 0.705. The van der Waals surface area contributed by atoms with E-state index in [4.69, 9.17) is 12.2 Å². The van der Waals surface area contributed by atoms with Crippen LogP contribution in [0.15, 0.2) is 12.1 Å². The van der Waals surface area contributed by atoms with Gasteiger partial charge in [-0.25, -0.2) is 0 Å². The summed E-state index contributed by atoms with van der Waals surface area (Å²) in [7, 11) is 0. The van der Waals surface area contributed by atoms with Crippen molar-refractivity contribution < 1.29 is 4.57 Å². The zero-order valence-corrected chi connectivity index (χ0v) is 10.5. The SMILES string of the molecule is Cc1cc(C)[n+](-c2n[nH]c(=S)s2)c(C)c1. The Labute approximate surface area is 97.4 Å². The van der Waals surface area contributed by atoms with Crippen LogP contribution in [0, 0.1) is 24.7 Å². The van der Waals surface area contributed by atoms with Crippen LogP contribution >= 0.6 is 23.6 Å². The van der Waals surface area contributed by atoms with Crippen molar-refractivity contribution in [2.24, 2.45) is 0 Å². The van der Waals surface area contributed by atoms with Crippen LogP contribution in [-0.4, -0.2) is 10.2 Å². The normalized spacial score (nSPS) is 10.6. The maximum absolute atomic E-state index is 5.03. The molecule has 78 valence electrons. The molecule has 5 heteroatoms. The topological polar surface area (TPSA) is 32.6 Å². The van der Waals surface area contributed by atoms with E-state index in [1.165, 1.54) is 28.3 Å². The summed E-state index contributed by atoms with van der Waals surface area (Å²) in [6, 6.07) is 4.27. The second-order valence-corrected chi connectivity index (χ2v) is 5.19. The van der Waals surface area contributed by atoms with E-state index in [0.29, 0.717) is 3.95 Å². The lowest BCUT2D eigenvalue weighted by atomic mass is 10.2. The number of aromatic amines is 1. The maximum Gasteiger partial charge on any atom is 0.413 e. The van der Waals surface area contributed by atoms with E-state index in [0.717, 1.165) is 5.13 Å². The monoisotopic (exact) mass is 238 g/mol. The second kappa shape index (κ2) is 3.83. The maximum atomic E-state index is 5.03. The van der Waals surface area contributed by atoms with Gasteiger partial charge in [0.15, 0.2) is 0 Å². The molecule has 2 heterocycles. The number of aryl methyl sites for hydroxylation is 3. The van der Waals surface area contributed by atoms with Crippen molar-refractivity contribution in [3.05, 3.63) is 33.0 Å². The third-order valence-electron chi connectivity index (χ3n) is 2.20. The van der Waals surface area contributed by atoms with Gasteiger partial charge in [-0.15, -0.1) is 0 Å². The second-order valence-electron chi connectivity index (χ2n) is 3.55. The summed E-state index contributed by atoms with van der Waals surface area (Å²) in [6.07, 6.45) is 0. The van der Waals surface area contributed by atoms with E-state index in [-0.39, 0.29) is 0 Å². The van der Waals surface area contributed by atoms with Gasteiger partial charge in [-0.2, -0.15) is 9.67 Å². The van der Waals surface area contributed by atoms with Crippen LogP contribution < -0.4 is 4.57 Å². The van der Waals surface area contributed by atoms with Crippen molar-refractivity contribution in [1.82, 2.24) is 10.2 Å². The first-order chi connectivity index (χ1) is 7.08.